The van der Waals surface area contributed by atoms with E-state index in [0.29, 0.717) is 5.69 Å². The SMILES string of the molecule is CC(=O)N[C@@H](Cc1c[nH]c2ccccc12)C(=O)Nc1ccc(F)c(NC(=O)C2CC2)c1. The standard InChI is InChI=1S/C23H23FN4O3/c1-13(29)26-21(10-15-12-25-19-5-3-2-4-17(15)19)23(31)27-16-8-9-18(24)20(11-16)28-22(30)14-6-7-14/h2-5,8-9,11-12,14,21,25H,6-7,10H2,1H3,(H,26,29)(H,27,31)(H,28,30)/t21-/m0/s1. The lowest BCUT2D eigenvalue weighted by Gasteiger charge is -2.18. The summed E-state index contributed by atoms with van der Waals surface area (Å²) < 4.78 is 14.1. The van der Waals surface area contributed by atoms with E-state index >= 15 is 0 Å². The minimum Gasteiger partial charge on any atom is -0.361 e. The molecule has 4 N–H and O–H groups in total. The Balaban J connectivity index is 1.51. The predicted octanol–water partition coefficient (Wildman–Crippen LogP) is 3.34. The number of carbonyl (C=O) groups is 3. The molecular formula is C23H23FN4O3. The summed E-state index contributed by atoms with van der Waals surface area (Å²) in [6.07, 6.45) is 3.70. The number of para-hydroxylation sites is 1. The number of hydrogen-bond acceptors (Lipinski definition) is 3. The fraction of sp³-hybridized carbons (Fsp3) is 0.261. The maximum atomic E-state index is 14.1. The molecule has 0 spiro atoms. The molecule has 1 aliphatic rings. The van der Waals surface area contributed by atoms with Gasteiger partial charge in [-0.25, -0.2) is 4.39 Å². The minimum absolute atomic E-state index is 0.0161. The Labute approximate surface area is 178 Å². The second kappa shape index (κ2) is 8.59. The average molecular weight is 422 g/mol. The summed E-state index contributed by atoms with van der Waals surface area (Å²) in [5.74, 6) is -1.65. The van der Waals surface area contributed by atoms with Gasteiger partial charge in [0.25, 0.3) is 0 Å². The Morgan fingerprint density at radius 1 is 1.13 bits per heavy atom. The molecule has 4 rings (SSSR count). The number of aromatic nitrogens is 1. The number of anilines is 2. The molecule has 0 aliphatic heterocycles. The summed E-state index contributed by atoms with van der Waals surface area (Å²) in [6, 6.07) is 10.8. The normalized spacial score (nSPS) is 14.1. The summed E-state index contributed by atoms with van der Waals surface area (Å²) in [5.41, 5.74) is 2.17. The maximum Gasteiger partial charge on any atom is 0.247 e. The molecule has 0 unspecified atom stereocenters. The lowest BCUT2D eigenvalue weighted by molar-refractivity contribution is -0.125. The molecule has 160 valence electrons. The number of aromatic amines is 1. The van der Waals surface area contributed by atoms with Crippen LogP contribution in [-0.2, 0) is 20.8 Å². The summed E-state index contributed by atoms with van der Waals surface area (Å²) in [6.45, 7) is 1.35. The molecule has 8 heteroatoms. The third kappa shape index (κ3) is 4.91. The smallest absolute Gasteiger partial charge is 0.247 e. The summed E-state index contributed by atoms with van der Waals surface area (Å²) in [7, 11) is 0. The fourth-order valence-corrected chi connectivity index (χ4v) is 3.48. The largest absolute Gasteiger partial charge is 0.361 e. The van der Waals surface area contributed by atoms with Crippen molar-refractivity contribution in [3.63, 3.8) is 0 Å². The van der Waals surface area contributed by atoms with Crippen LogP contribution in [-0.4, -0.2) is 28.7 Å². The highest BCUT2D eigenvalue weighted by molar-refractivity contribution is 5.99. The number of fused-ring (bicyclic) bond motifs is 1. The van der Waals surface area contributed by atoms with Crippen molar-refractivity contribution in [3.05, 3.63) is 60.0 Å². The van der Waals surface area contributed by atoms with Crippen LogP contribution in [0.1, 0.15) is 25.3 Å². The van der Waals surface area contributed by atoms with E-state index in [4.69, 9.17) is 0 Å². The van der Waals surface area contributed by atoms with Gasteiger partial charge in [0.2, 0.25) is 17.7 Å². The Bertz CT molecular complexity index is 1150. The van der Waals surface area contributed by atoms with E-state index in [2.05, 4.69) is 20.9 Å². The number of carbonyl (C=O) groups excluding carboxylic acids is 3. The van der Waals surface area contributed by atoms with Crippen LogP contribution in [0.5, 0.6) is 0 Å². The molecular weight excluding hydrogens is 399 g/mol. The van der Waals surface area contributed by atoms with Gasteiger partial charge in [-0.1, -0.05) is 18.2 Å². The molecule has 1 fully saturated rings. The first kappa shape index (κ1) is 20.6. The average Bonchev–Trinajstić information content (AvgIpc) is 3.51. The minimum atomic E-state index is -0.828. The molecule has 2 aromatic carbocycles. The zero-order valence-corrected chi connectivity index (χ0v) is 17.0. The van der Waals surface area contributed by atoms with Gasteiger partial charge in [-0.15, -0.1) is 0 Å². The molecule has 0 bridgehead atoms. The number of nitrogens with one attached hydrogen (secondary N) is 4. The summed E-state index contributed by atoms with van der Waals surface area (Å²) >= 11 is 0. The quantitative estimate of drug-likeness (QED) is 0.470. The van der Waals surface area contributed by atoms with Gasteiger partial charge in [0.15, 0.2) is 0 Å². The van der Waals surface area contributed by atoms with E-state index in [1.807, 2.05) is 30.5 Å². The van der Waals surface area contributed by atoms with Crippen molar-refractivity contribution in [2.45, 2.75) is 32.2 Å². The molecule has 1 aromatic heterocycles. The Morgan fingerprint density at radius 2 is 1.90 bits per heavy atom. The topological polar surface area (TPSA) is 103 Å². The molecule has 3 aromatic rings. The zero-order valence-electron chi connectivity index (χ0n) is 17.0. The van der Waals surface area contributed by atoms with E-state index in [1.54, 1.807) is 0 Å². The van der Waals surface area contributed by atoms with Crippen LogP contribution in [0.4, 0.5) is 15.8 Å². The van der Waals surface area contributed by atoms with Crippen molar-refractivity contribution in [2.24, 2.45) is 5.92 Å². The molecule has 3 amide bonds. The molecule has 1 atom stereocenters. The van der Waals surface area contributed by atoms with Crippen LogP contribution in [0, 0.1) is 11.7 Å². The predicted molar refractivity (Wildman–Crippen MR) is 116 cm³/mol. The van der Waals surface area contributed by atoms with Gasteiger partial charge in [-0.2, -0.15) is 0 Å². The van der Waals surface area contributed by atoms with E-state index in [0.717, 1.165) is 29.3 Å². The highest BCUT2D eigenvalue weighted by Gasteiger charge is 2.30. The molecule has 1 saturated carbocycles. The van der Waals surface area contributed by atoms with Crippen molar-refractivity contribution in [1.82, 2.24) is 10.3 Å². The Kier molecular flexibility index (Phi) is 5.70. The zero-order chi connectivity index (χ0) is 22.0. The lowest BCUT2D eigenvalue weighted by Crippen LogP contribution is -2.44. The van der Waals surface area contributed by atoms with E-state index < -0.39 is 17.8 Å². The third-order valence-electron chi connectivity index (χ3n) is 5.23. The molecule has 1 heterocycles. The van der Waals surface area contributed by atoms with Gasteiger partial charge in [0.05, 0.1) is 5.69 Å². The first-order chi connectivity index (χ1) is 14.9. The molecule has 31 heavy (non-hydrogen) atoms. The van der Waals surface area contributed by atoms with Gasteiger partial charge >= 0.3 is 0 Å². The first-order valence-corrected chi connectivity index (χ1v) is 10.1. The lowest BCUT2D eigenvalue weighted by atomic mass is 10.0. The fourth-order valence-electron chi connectivity index (χ4n) is 3.48. The van der Waals surface area contributed by atoms with Gasteiger partial charge in [-0.05, 0) is 42.7 Å². The van der Waals surface area contributed by atoms with Crippen LogP contribution in [0.2, 0.25) is 0 Å². The Morgan fingerprint density at radius 3 is 2.65 bits per heavy atom. The first-order valence-electron chi connectivity index (χ1n) is 10.1. The van der Waals surface area contributed by atoms with Gasteiger partial charge in [0.1, 0.15) is 11.9 Å². The van der Waals surface area contributed by atoms with Crippen molar-refractivity contribution in [3.8, 4) is 0 Å². The number of H-pyrrole nitrogens is 1. The van der Waals surface area contributed by atoms with Gasteiger partial charge in [-0.3, -0.25) is 14.4 Å². The van der Waals surface area contributed by atoms with E-state index in [9.17, 15) is 18.8 Å². The molecule has 1 aliphatic carbocycles. The monoisotopic (exact) mass is 422 g/mol. The van der Waals surface area contributed by atoms with Crippen LogP contribution < -0.4 is 16.0 Å². The Hall–Kier alpha value is -3.68. The van der Waals surface area contributed by atoms with Crippen LogP contribution >= 0.6 is 0 Å². The van der Waals surface area contributed by atoms with E-state index in [1.165, 1.54) is 25.1 Å². The maximum absolute atomic E-state index is 14.1. The third-order valence-corrected chi connectivity index (χ3v) is 5.23. The van der Waals surface area contributed by atoms with E-state index in [-0.39, 0.29) is 29.8 Å². The summed E-state index contributed by atoms with van der Waals surface area (Å²) in [5, 5.41) is 8.92. The highest BCUT2D eigenvalue weighted by Crippen LogP contribution is 2.31. The number of halogens is 1. The number of benzene rings is 2. The number of amides is 3. The van der Waals surface area contributed by atoms with Crippen molar-refractivity contribution < 1.29 is 18.8 Å². The van der Waals surface area contributed by atoms with Crippen molar-refractivity contribution in [2.75, 3.05) is 10.6 Å². The van der Waals surface area contributed by atoms with Crippen molar-refractivity contribution in [1.29, 1.82) is 0 Å². The molecule has 0 saturated heterocycles. The summed E-state index contributed by atoms with van der Waals surface area (Å²) in [4.78, 5) is 39.7. The second-order valence-corrected chi connectivity index (χ2v) is 7.76. The highest BCUT2D eigenvalue weighted by atomic mass is 19.1. The van der Waals surface area contributed by atoms with Crippen LogP contribution in [0.15, 0.2) is 48.7 Å². The number of hydrogen-bond donors (Lipinski definition) is 4. The van der Waals surface area contributed by atoms with Gasteiger partial charge in [0, 0.05) is 42.0 Å². The van der Waals surface area contributed by atoms with Gasteiger partial charge < -0.3 is 20.9 Å². The van der Waals surface area contributed by atoms with Crippen molar-refractivity contribution >= 4 is 40.0 Å². The van der Waals surface area contributed by atoms with Crippen LogP contribution in [0.25, 0.3) is 10.9 Å². The molecule has 0 radical (unpaired) electrons. The number of rotatable bonds is 7. The van der Waals surface area contributed by atoms with Crippen LogP contribution in [0.3, 0.4) is 0 Å². The second-order valence-electron chi connectivity index (χ2n) is 7.76. The molecule has 7 nitrogen and oxygen atoms in total.